The molecular formula is C17H19N. The second-order valence-corrected chi connectivity index (χ2v) is 4.08. The summed E-state index contributed by atoms with van der Waals surface area (Å²) in [5, 5.41) is 1.29. The molecule has 0 radical (unpaired) electrons. The van der Waals surface area contributed by atoms with E-state index in [2.05, 4.69) is 66.2 Å². The van der Waals surface area contributed by atoms with Crippen molar-refractivity contribution in [3.8, 4) is 5.69 Å². The molecule has 0 spiro atoms. The van der Waals surface area contributed by atoms with Gasteiger partial charge in [-0.1, -0.05) is 44.2 Å². The number of para-hydroxylation sites is 1. The monoisotopic (exact) mass is 237 g/mol. The first kappa shape index (κ1) is 12.4. The van der Waals surface area contributed by atoms with Crippen molar-refractivity contribution in [2.75, 3.05) is 0 Å². The first-order valence-corrected chi connectivity index (χ1v) is 6.48. The normalized spacial score (nSPS) is 9.94. The molecule has 0 amide bonds. The van der Waals surface area contributed by atoms with Crippen LogP contribution in [0.5, 0.6) is 0 Å². The maximum absolute atomic E-state index is 2.22. The smallest absolute Gasteiger partial charge is 0.0531 e. The number of fused-ring (bicyclic) bond motifs is 1. The Morgan fingerprint density at radius 2 is 1.56 bits per heavy atom. The second kappa shape index (κ2) is 5.54. The minimum absolute atomic E-state index is 1.21. The third-order valence-electron chi connectivity index (χ3n) is 2.88. The van der Waals surface area contributed by atoms with Crippen LogP contribution in [0.1, 0.15) is 19.4 Å². The number of aromatic nitrogens is 1. The van der Waals surface area contributed by atoms with Crippen molar-refractivity contribution in [3.05, 3.63) is 66.4 Å². The van der Waals surface area contributed by atoms with Gasteiger partial charge in [0, 0.05) is 11.9 Å². The van der Waals surface area contributed by atoms with Gasteiger partial charge in [0.1, 0.15) is 0 Å². The van der Waals surface area contributed by atoms with E-state index in [0.29, 0.717) is 0 Å². The van der Waals surface area contributed by atoms with Gasteiger partial charge >= 0.3 is 0 Å². The van der Waals surface area contributed by atoms with Crippen molar-refractivity contribution < 1.29 is 0 Å². The van der Waals surface area contributed by atoms with Crippen LogP contribution in [0.15, 0.2) is 60.8 Å². The molecule has 0 atom stereocenters. The van der Waals surface area contributed by atoms with E-state index in [1.807, 2.05) is 19.9 Å². The molecule has 0 aliphatic heterocycles. The molecular weight excluding hydrogens is 218 g/mol. The Labute approximate surface area is 109 Å². The molecule has 0 bridgehead atoms. The number of hydrogen-bond donors (Lipinski definition) is 0. The van der Waals surface area contributed by atoms with E-state index in [9.17, 15) is 0 Å². The molecule has 3 aromatic rings. The van der Waals surface area contributed by atoms with E-state index in [-0.39, 0.29) is 0 Å². The van der Waals surface area contributed by atoms with Crippen molar-refractivity contribution in [1.29, 1.82) is 0 Å². The average molecular weight is 237 g/mol. The molecule has 3 rings (SSSR count). The fraction of sp³-hybridized carbons (Fsp3) is 0.176. The van der Waals surface area contributed by atoms with Crippen molar-refractivity contribution in [1.82, 2.24) is 4.57 Å². The Balaban J connectivity index is 0.000000574. The number of aryl methyl sites for hydroxylation is 1. The molecule has 18 heavy (non-hydrogen) atoms. The lowest BCUT2D eigenvalue weighted by Gasteiger charge is -2.05. The van der Waals surface area contributed by atoms with E-state index in [0.717, 1.165) is 0 Å². The van der Waals surface area contributed by atoms with Crippen molar-refractivity contribution in [2.45, 2.75) is 20.8 Å². The maximum Gasteiger partial charge on any atom is 0.0531 e. The van der Waals surface area contributed by atoms with Crippen LogP contribution in [-0.4, -0.2) is 4.57 Å². The van der Waals surface area contributed by atoms with E-state index < -0.39 is 0 Å². The van der Waals surface area contributed by atoms with Crippen molar-refractivity contribution in [3.63, 3.8) is 0 Å². The lowest BCUT2D eigenvalue weighted by atomic mass is 10.2. The molecule has 0 aliphatic rings. The van der Waals surface area contributed by atoms with E-state index >= 15 is 0 Å². The number of hydrogen-bond acceptors (Lipinski definition) is 0. The summed E-state index contributed by atoms with van der Waals surface area (Å²) in [5.74, 6) is 0. The average Bonchev–Trinajstić information content (AvgIpc) is 2.85. The molecule has 1 heterocycles. The minimum Gasteiger partial charge on any atom is -0.317 e. The number of rotatable bonds is 1. The van der Waals surface area contributed by atoms with Crippen LogP contribution < -0.4 is 0 Å². The van der Waals surface area contributed by atoms with Gasteiger partial charge in [-0.3, -0.25) is 0 Å². The Morgan fingerprint density at radius 1 is 0.833 bits per heavy atom. The SMILES string of the molecule is CC.Cc1ccc2ccn(-c3ccccc3)c2c1. The highest BCUT2D eigenvalue weighted by Gasteiger charge is 2.02. The Hall–Kier alpha value is -2.02. The van der Waals surface area contributed by atoms with Crippen LogP contribution in [-0.2, 0) is 0 Å². The van der Waals surface area contributed by atoms with Gasteiger partial charge in [0.15, 0.2) is 0 Å². The van der Waals surface area contributed by atoms with Crippen LogP contribution in [0.2, 0.25) is 0 Å². The predicted molar refractivity (Wildman–Crippen MR) is 79.4 cm³/mol. The lowest BCUT2D eigenvalue weighted by Crippen LogP contribution is -1.90. The molecule has 0 saturated heterocycles. The summed E-state index contributed by atoms with van der Waals surface area (Å²) in [6.07, 6.45) is 2.12. The highest BCUT2D eigenvalue weighted by atomic mass is 15.0. The van der Waals surface area contributed by atoms with Crippen LogP contribution in [0.25, 0.3) is 16.6 Å². The Morgan fingerprint density at radius 3 is 2.28 bits per heavy atom. The molecule has 1 heteroatoms. The van der Waals surface area contributed by atoms with Gasteiger partial charge in [0.2, 0.25) is 0 Å². The van der Waals surface area contributed by atoms with Gasteiger partial charge in [-0.05, 0) is 42.1 Å². The van der Waals surface area contributed by atoms with Crippen LogP contribution in [0.3, 0.4) is 0 Å². The molecule has 92 valence electrons. The van der Waals surface area contributed by atoms with Gasteiger partial charge in [-0.2, -0.15) is 0 Å². The lowest BCUT2D eigenvalue weighted by molar-refractivity contribution is 1.13. The van der Waals surface area contributed by atoms with Gasteiger partial charge in [-0.25, -0.2) is 0 Å². The zero-order valence-electron chi connectivity index (χ0n) is 11.2. The van der Waals surface area contributed by atoms with Crippen LogP contribution in [0, 0.1) is 6.92 Å². The first-order valence-electron chi connectivity index (χ1n) is 6.48. The Bertz CT molecular complexity index is 620. The van der Waals surface area contributed by atoms with Gasteiger partial charge in [0.05, 0.1) is 5.52 Å². The largest absolute Gasteiger partial charge is 0.317 e. The first-order chi connectivity index (χ1) is 8.84. The molecule has 0 unspecified atom stereocenters. The third-order valence-corrected chi connectivity index (χ3v) is 2.88. The summed E-state index contributed by atoms with van der Waals surface area (Å²) >= 11 is 0. The topological polar surface area (TPSA) is 4.93 Å². The maximum atomic E-state index is 2.22. The van der Waals surface area contributed by atoms with E-state index in [1.54, 1.807) is 0 Å². The zero-order valence-corrected chi connectivity index (χ0v) is 11.2. The standard InChI is InChI=1S/C15H13N.C2H6/c1-12-7-8-13-9-10-16(15(13)11-12)14-5-3-2-4-6-14;1-2/h2-11H,1H3;1-2H3. The molecule has 0 saturated carbocycles. The quantitative estimate of drug-likeness (QED) is 0.563. The molecule has 2 aromatic carbocycles. The summed E-state index contributed by atoms with van der Waals surface area (Å²) in [6.45, 7) is 6.13. The summed E-state index contributed by atoms with van der Waals surface area (Å²) in [6, 6.07) is 19.1. The van der Waals surface area contributed by atoms with Crippen molar-refractivity contribution in [2.24, 2.45) is 0 Å². The van der Waals surface area contributed by atoms with Crippen LogP contribution >= 0.6 is 0 Å². The molecule has 0 fully saturated rings. The summed E-state index contributed by atoms with van der Waals surface area (Å²) in [5.41, 5.74) is 3.78. The molecule has 1 nitrogen and oxygen atoms in total. The highest BCUT2D eigenvalue weighted by molar-refractivity contribution is 5.82. The van der Waals surface area contributed by atoms with Crippen LogP contribution in [0.4, 0.5) is 0 Å². The number of benzene rings is 2. The van der Waals surface area contributed by atoms with Gasteiger partial charge < -0.3 is 4.57 Å². The third kappa shape index (κ3) is 2.30. The van der Waals surface area contributed by atoms with Gasteiger partial charge in [0.25, 0.3) is 0 Å². The second-order valence-electron chi connectivity index (χ2n) is 4.08. The molecule has 0 aliphatic carbocycles. The number of nitrogens with zero attached hydrogens (tertiary/aromatic N) is 1. The van der Waals surface area contributed by atoms with Crippen molar-refractivity contribution >= 4 is 10.9 Å². The highest BCUT2D eigenvalue weighted by Crippen LogP contribution is 2.21. The predicted octanol–water partition coefficient (Wildman–Crippen LogP) is 4.97. The van der Waals surface area contributed by atoms with E-state index in [1.165, 1.54) is 22.2 Å². The minimum atomic E-state index is 1.21. The zero-order chi connectivity index (χ0) is 13.0. The molecule has 0 N–H and O–H groups in total. The fourth-order valence-corrected chi connectivity index (χ4v) is 2.05. The summed E-state index contributed by atoms with van der Waals surface area (Å²) < 4.78 is 2.22. The molecule has 1 aromatic heterocycles. The Kier molecular flexibility index (Phi) is 3.83. The van der Waals surface area contributed by atoms with E-state index in [4.69, 9.17) is 0 Å². The fourth-order valence-electron chi connectivity index (χ4n) is 2.05. The summed E-state index contributed by atoms with van der Waals surface area (Å²) in [7, 11) is 0. The van der Waals surface area contributed by atoms with Gasteiger partial charge in [-0.15, -0.1) is 0 Å². The summed E-state index contributed by atoms with van der Waals surface area (Å²) in [4.78, 5) is 0.